The van der Waals surface area contributed by atoms with Crippen LogP contribution in [0.2, 0.25) is 0 Å². The Balaban J connectivity index is 0.00000116. The van der Waals surface area contributed by atoms with E-state index in [1.54, 1.807) is 13.0 Å². The summed E-state index contributed by atoms with van der Waals surface area (Å²) in [6.45, 7) is 7.63. The first kappa shape index (κ1) is 18.3. The largest absolute Gasteiger partial charge is 0.425 e. The number of nitrogens with one attached hydrogen (secondary N) is 2. The maximum Gasteiger partial charge on any atom is 0.223 e. The highest BCUT2D eigenvalue weighted by Gasteiger charge is 2.23. The van der Waals surface area contributed by atoms with Crippen LogP contribution in [0.15, 0.2) is 18.2 Å². The molecule has 22 heavy (non-hydrogen) atoms. The summed E-state index contributed by atoms with van der Waals surface area (Å²) in [6, 6.07) is 4.62. The third-order valence-corrected chi connectivity index (χ3v) is 3.67. The first-order chi connectivity index (χ1) is 10.5. The predicted octanol–water partition coefficient (Wildman–Crippen LogP) is 3.82. The van der Waals surface area contributed by atoms with Crippen molar-refractivity contribution in [2.45, 2.75) is 33.6 Å². The van der Waals surface area contributed by atoms with Crippen LogP contribution in [0.4, 0.5) is 4.39 Å². The maximum absolute atomic E-state index is 13.7. The monoisotopic (exact) mass is 307 g/mol. The van der Waals surface area contributed by atoms with Gasteiger partial charge in [-0.2, -0.15) is 0 Å². The van der Waals surface area contributed by atoms with E-state index >= 15 is 0 Å². The minimum absolute atomic E-state index is 0.0278. The number of nitrogens with zero attached hydrogens (tertiary/aromatic N) is 1. The van der Waals surface area contributed by atoms with Gasteiger partial charge in [-0.25, -0.2) is 4.39 Å². The molecule has 0 unspecified atom stereocenters. The second-order valence-electron chi connectivity index (χ2n) is 5.36. The maximum atomic E-state index is 13.7. The van der Waals surface area contributed by atoms with E-state index in [4.69, 9.17) is 15.6 Å². The van der Waals surface area contributed by atoms with Gasteiger partial charge >= 0.3 is 0 Å². The highest BCUT2D eigenvalue weighted by molar-refractivity contribution is 5.99. The highest BCUT2D eigenvalue weighted by Crippen LogP contribution is 2.19. The number of halogens is 1. The van der Waals surface area contributed by atoms with E-state index in [2.05, 4.69) is 4.90 Å². The van der Waals surface area contributed by atoms with Crippen molar-refractivity contribution in [2.24, 2.45) is 5.92 Å². The molecular weight excluding hydrogens is 281 g/mol. The van der Waals surface area contributed by atoms with Crippen molar-refractivity contribution in [2.75, 3.05) is 20.1 Å². The lowest BCUT2D eigenvalue weighted by Crippen LogP contribution is -2.34. The van der Waals surface area contributed by atoms with Crippen LogP contribution < -0.4 is 0 Å². The number of likely N-dealkylation sites (tertiary alicyclic amines) is 1. The van der Waals surface area contributed by atoms with Gasteiger partial charge in [0.05, 0.1) is 5.56 Å². The molecule has 1 aromatic carbocycles. The molecule has 1 aliphatic rings. The van der Waals surface area contributed by atoms with E-state index in [0.717, 1.165) is 31.5 Å². The molecule has 4 nitrogen and oxygen atoms in total. The molecule has 2 N–H and O–H groups in total. The lowest BCUT2D eigenvalue weighted by molar-refractivity contribution is 0.240. The van der Waals surface area contributed by atoms with Crippen LogP contribution in [0.3, 0.4) is 0 Å². The number of ether oxygens (including phenoxy) is 1. The minimum Gasteiger partial charge on any atom is -0.425 e. The van der Waals surface area contributed by atoms with Crippen LogP contribution in [0, 0.1) is 29.5 Å². The van der Waals surface area contributed by atoms with Gasteiger partial charge in [-0.3, -0.25) is 10.8 Å². The molecule has 1 fully saturated rings. The third-order valence-electron chi connectivity index (χ3n) is 3.67. The average Bonchev–Trinajstić information content (AvgIpc) is 2.49. The second kappa shape index (κ2) is 8.63. The summed E-state index contributed by atoms with van der Waals surface area (Å²) in [5.41, 5.74) is 0.901. The van der Waals surface area contributed by atoms with Gasteiger partial charge in [-0.15, -0.1) is 0 Å². The van der Waals surface area contributed by atoms with Crippen LogP contribution in [0.25, 0.3) is 0 Å². The molecule has 0 saturated carbocycles. The average molecular weight is 307 g/mol. The first-order valence-electron chi connectivity index (χ1n) is 7.77. The Kier molecular flexibility index (Phi) is 7.18. The van der Waals surface area contributed by atoms with Crippen molar-refractivity contribution in [3.63, 3.8) is 0 Å². The van der Waals surface area contributed by atoms with Gasteiger partial charge in [-0.1, -0.05) is 19.9 Å². The van der Waals surface area contributed by atoms with E-state index < -0.39 is 5.82 Å². The quantitative estimate of drug-likeness (QED) is 0.644. The van der Waals surface area contributed by atoms with Gasteiger partial charge in [0.1, 0.15) is 5.82 Å². The fourth-order valence-electron chi connectivity index (χ4n) is 2.32. The summed E-state index contributed by atoms with van der Waals surface area (Å²) >= 11 is 0. The molecule has 0 spiro atoms. The van der Waals surface area contributed by atoms with Gasteiger partial charge < -0.3 is 9.64 Å². The lowest BCUT2D eigenvalue weighted by atomic mass is 9.97. The zero-order valence-electron chi connectivity index (χ0n) is 13.9. The molecule has 0 aliphatic carbocycles. The van der Waals surface area contributed by atoms with Crippen molar-refractivity contribution >= 4 is 11.8 Å². The van der Waals surface area contributed by atoms with Gasteiger partial charge in [-0.05, 0) is 57.6 Å². The highest BCUT2D eigenvalue weighted by atomic mass is 19.1. The number of hydrogen-bond donors (Lipinski definition) is 2. The minimum atomic E-state index is -0.480. The SMILES string of the molecule is CC.Cc1ccc(C(=N)OC(=N)C2CCN(C)CC2)c(F)c1. The Morgan fingerprint density at radius 1 is 1.23 bits per heavy atom. The summed E-state index contributed by atoms with van der Waals surface area (Å²) in [7, 11) is 2.05. The van der Waals surface area contributed by atoms with Gasteiger partial charge in [0.15, 0.2) is 5.90 Å². The summed E-state index contributed by atoms with van der Waals surface area (Å²) in [5, 5.41) is 15.8. The van der Waals surface area contributed by atoms with Crippen LogP contribution >= 0.6 is 0 Å². The van der Waals surface area contributed by atoms with Crippen LogP contribution in [-0.2, 0) is 4.74 Å². The Bertz CT molecular complexity index is 523. The van der Waals surface area contributed by atoms with Crippen LogP contribution in [-0.4, -0.2) is 36.8 Å². The van der Waals surface area contributed by atoms with Crippen molar-refractivity contribution < 1.29 is 9.13 Å². The van der Waals surface area contributed by atoms with Crippen molar-refractivity contribution in [3.8, 4) is 0 Å². The normalized spacial score (nSPS) is 15.7. The molecule has 1 aromatic rings. The lowest BCUT2D eigenvalue weighted by Gasteiger charge is -2.28. The molecule has 0 aromatic heterocycles. The molecule has 2 rings (SSSR count). The second-order valence-corrected chi connectivity index (χ2v) is 5.36. The molecular formula is C17H26FN3O. The number of aryl methyl sites for hydroxylation is 1. The summed E-state index contributed by atoms with van der Waals surface area (Å²) < 4.78 is 19.0. The van der Waals surface area contributed by atoms with E-state index in [1.165, 1.54) is 12.1 Å². The fourth-order valence-corrected chi connectivity index (χ4v) is 2.32. The molecule has 0 atom stereocenters. The summed E-state index contributed by atoms with van der Waals surface area (Å²) in [6.07, 6.45) is 1.69. The molecule has 122 valence electrons. The third kappa shape index (κ3) is 4.91. The Labute approximate surface area is 132 Å². The number of piperidine rings is 1. The topological polar surface area (TPSA) is 60.2 Å². The molecule has 5 heteroatoms. The smallest absolute Gasteiger partial charge is 0.223 e. The number of rotatable bonds is 2. The Morgan fingerprint density at radius 2 is 1.82 bits per heavy atom. The molecule has 0 amide bonds. The number of benzene rings is 1. The van der Waals surface area contributed by atoms with E-state index in [1.807, 2.05) is 20.9 Å². The first-order valence-corrected chi connectivity index (χ1v) is 7.77. The Morgan fingerprint density at radius 3 is 2.36 bits per heavy atom. The number of hydrogen-bond acceptors (Lipinski definition) is 4. The van der Waals surface area contributed by atoms with Crippen molar-refractivity contribution in [3.05, 3.63) is 35.1 Å². The fraction of sp³-hybridized carbons (Fsp3) is 0.529. The van der Waals surface area contributed by atoms with Gasteiger partial charge in [0, 0.05) is 5.92 Å². The van der Waals surface area contributed by atoms with Gasteiger partial charge in [0.25, 0.3) is 0 Å². The standard InChI is InChI=1S/C15H20FN3O.C2H6/c1-10-3-4-12(13(16)9-10)15(18)20-14(17)11-5-7-19(2)8-6-11;1-2/h3-4,9,11,17-18H,5-8H2,1-2H3;1-2H3. The van der Waals surface area contributed by atoms with Gasteiger partial charge in [0.2, 0.25) is 5.90 Å². The van der Waals surface area contributed by atoms with E-state index in [9.17, 15) is 4.39 Å². The summed E-state index contributed by atoms with van der Waals surface area (Å²) in [5.74, 6) is -0.666. The Hall–Kier alpha value is -1.75. The molecule has 1 aliphatic heterocycles. The zero-order chi connectivity index (χ0) is 16.7. The van der Waals surface area contributed by atoms with E-state index in [0.29, 0.717) is 0 Å². The van der Waals surface area contributed by atoms with Crippen molar-refractivity contribution in [1.82, 2.24) is 4.90 Å². The van der Waals surface area contributed by atoms with Crippen molar-refractivity contribution in [1.29, 1.82) is 10.8 Å². The van der Waals surface area contributed by atoms with E-state index in [-0.39, 0.29) is 23.3 Å². The predicted molar refractivity (Wildman–Crippen MR) is 88.3 cm³/mol. The molecule has 0 radical (unpaired) electrons. The molecule has 1 heterocycles. The molecule has 0 bridgehead atoms. The summed E-state index contributed by atoms with van der Waals surface area (Å²) in [4.78, 5) is 2.20. The van der Waals surface area contributed by atoms with Crippen LogP contribution in [0.5, 0.6) is 0 Å². The molecule has 1 saturated heterocycles. The zero-order valence-corrected chi connectivity index (χ0v) is 13.9. The van der Waals surface area contributed by atoms with Crippen LogP contribution in [0.1, 0.15) is 37.8 Å².